The second-order valence-corrected chi connectivity index (χ2v) is 6.74. The van der Waals surface area contributed by atoms with Gasteiger partial charge in [0.2, 0.25) is 5.16 Å². The minimum absolute atomic E-state index is 0.460. The first kappa shape index (κ1) is 16.6. The van der Waals surface area contributed by atoms with Crippen molar-refractivity contribution in [1.82, 2.24) is 25.0 Å². The van der Waals surface area contributed by atoms with Gasteiger partial charge in [0.25, 0.3) is 5.89 Å². The van der Waals surface area contributed by atoms with Crippen LogP contribution in [-0.2, 0) is 5.75 Å². The number of rotatable bonds is 5. The van der Waals surface area contributed by atoms with E-state index in [1.54, 1.807) is 12.1 Å². The first-order chi connectivity index (χ1) is 12.7. The van der Waals surface area contributed by atoms with E-state index in [2.05, 4.69) is 20.3 Å². The molecule has 130 valence electrons. The van der Waals surface area contributed by atoms with E-state index in [1.807, 2.05) is 42.5 Å². The summed E-state index contributed by atoms with van der Waals surface area (Å²) in [4.78, 5) is 4.39. The zero-order chi connectivity index (χ0) is 17.9. The summed E-state index contributed by atoms with van der Waals surface area (Å²) in [5.41, 5.74) is 1.67. The van der Waals surface area contributed by atoms with E-state index < -0.39 is 0 Å². The second kappa shape index (κ2) is 7.19. The molecule has 7 nitrogen and oxygen atoms in total. The van der Waals surface area contributed by atoms with Crippen LogP contribution >= 0.6 is 23.4 Å². The number of nitrogen functional groups attached to an aromatic ring is 1. The maximum absolute atomic E-state index is 6.11. The average molecular weight is 385 g/mol. The zero-order valence-corrected chi connectivity index (χ0v) is 15.0. The van der Waals surface area contributed by atoms with Gasteiger partial charge < -0.3 is 10.4 Å². The normalized spacial score (nSPS) is 11.0. The lowest BCUT2D eigenvalue weighted by Crippen LogP contribution is -2.11. The van der Waals surface area contributed by atoms with E-state index in [0.717, 1.165) is 11.1 Å². The maximum Gasteiger partial charge on any atom is 0.257 e. The molecule has 2 aromatic heterocycles. The highest BCUT2D eigenvalue weighted by Gasteiger charge is 2.15. The summed E-state index contributed by atoms with van der Waals surface area (Å²) < 4.78 is 6.72. The molecule has 0 aliphatic heterocycles. The number of hydrogen-bond donors (Lipinski definition) is 1. The minimum Gasteiger partial charge on any atom is -0.335 e. The number of benzene rings is 2. The van der Waals surface area contributed by atoms with Gasteiger partial charge in [-0.2, -0.15) is 4.98 Å². The average Bonchev–Trinajstić information content (AvgIpc) is 3.28. The Morgan fingerprint density at radius 1 is 1.04 bits per heavy atom. The first-order valence-electron chi connectivity index (χ1n) is 7.68. The van der Waals surface area contributed by atoms with Gasteiger partial charge in [0.1, 0.15) is 0 Å². The number of aromatic nitrogens is 5. The number of thioether (sulfide) groups is 1. The molecule has 9 heteroatoms. The molecule has 0 bridgehead atoms. The third kappa shape index (κ3) is 3.42. The van der Waals surface area contributed by atoms with Crippen molar-refractivity contribution in [3.63, 3.8) is 0 Å². The highest BCUT2D eigenvalue weighted by atomic mass is 35.5. The van der Waals surface area contributed by atoms with Crippen LogP contribution in [0.2, 0.25) is 5.02 Å². The quantitative estimate of drug-likeness (QED) is 0.414. The Morgan fingerprint density at radius 2 is 1.85 bits per heavy atom. The van der Waals surface area contributed by atoms with Gasteiger partial charge >= 0.3 is 0 Å². The fraction of sp³-hybridized carbons (Fsp3) is 0.0588. The van der Waals surface area contributed by atoms with Crippen molar-refractivity contribution >= 4 is 23.4 Å². The van der Waals surface area contributed by atoms with Crippen molar-refractivity contribution in [2.24, 2.45) is 0 Å². The lowest BCUT2D eigenvalue weighted by molar-refractivity contribution is 0.425. The Morgan fingerprint density at radius 3 is 2.65 bits per heavy atom. The van der Waals surface area contributed by atoms with E-state index in [-0.39, 0.29) is 0 Å². The highest BCUT2D eigenvalue weighted by molar-refractivity contribution is 7.98. The molecule has 0 atom stereocenters. The molecule has 0 radical (unpaired) electrons. The maximum atomic E-state index is 6.11. The summed E-state index contributed by atoms with van der Waals surface area (Å²) in [5.74, 6) is 8.14. The Labute approximate surface area is 158 Å². The van der Waals surface area contributed by atoms with E-state index >= 15 is 0 Å². The molecule has 4 aromatic rings. The first-order valence-corrected chi connectivity index (χ1v) is 9.04. The Hall–Kier alpha value is -2.84. The molecule has 0 saturated heterocycles. The number of halogens is 1. The molecule has 0 spiro atoms. The van der Waals surface area contributed by atoms with Crippen LogP contribution in [0.4, 0.5) is 0 Å². The lowest BCUT2D eigenvalue weighted by Gasteiger charge is -2.03. The van der Waals surface area contributed by atoms with Gasteiger partial charge in [0.05, 0.1) is 5.75 Å². The van der Waals surface area contributed by atoms with Crippen LogP contribution in [0.15, 0.2) is 64.3 Å². The van der Waals surface area contributed by atoms with Crippen molar-refractivity contribution in [1.29, 1.82) is 0 Å². The van der Waals surface area contributed by atoms with E-state index in [1.165, 1.54) is 16.4 Å². The van der Waals surface area contributed by atoms with Crippen molar-refractivity contribution in [3.05, 3.63) is 65.4 Å². The van der Waals surface area contributed by atoms with Crippen molar-refractivity contribution in [2.75, 3.05) is 5.84 Å². The topological polar surface area (TPSA) is 95.7 Å². The van der Waals surface area contributed by atoms with Gasteiger partial charge in [0, 0.05) is 16.1 Å². The van der Waals surface area contributed by atoms with Crippen LogP contribution in [-0.4, -0.2) is 25.0 Å². The molecule has 2 N–H and O–H groups in total. The SMILES string of the molecule is Nn1c(SCc2noc(-c3ccccc3)n2)nnc1-c1cccc(Cl)c1. The third-order valence-corrected chi connectivity index (χ3v) is 4.74. The molecule has 0 fully saturated rings. The van der Waals surface area contributed by atoms with Gasteiger partial charge in [0.15, 0.2) is 11.6 Å². The third-order valence-electron chi connectivity index (χ3n) is 3.57. The van der Waals surface area contributed by atoms with Gasteiger partial charge in [-0.3, -0.25) is 0 Å². The molecular weight excluding hydrogens is 372 g/mol. The fourth-order valence-electron chi connectivity index (χ4n) is 2.34. The lowest BCUT2D eigenvalue weighted by atomic mass is 10.2. The minimum atomic E-state index is 0.460. The van der Waals surface area contributed by atoms with Crippen LogP contribution in [0.25, 0.3) is 22.8 Å². The number of hydrogen-bond acceptors (Lipinski definition) is 7. The molecule has 2 heterocycles. The molecule has 0 aliphatic rings. The smallest absolute Gasteiger partial charge is 0.257 e. The zero-order valence-electron chi connectivity index (χ0n) is 13.4. The summed E-state index contributed by atoms with van der Waals surface area (Å²) in [6.45, 7) is 0. The standard InChI is InChI=1S/C17H13ClN6OS/c18-13-8-4-7-12(9-13)15-21-22-17(24(15)19)26-10-14-20-16(25-23-14)11-5-2-1-3-6-11/h1-9H,10,19H2. The summed E-state index contributed by atoms with van der Waals surface area (Å²) in [6, 6.07) is 16.9. The summed E-state index contributed by atoms with van der Waals surface area (Å²) in [5, 5.41) is 13.4. The summed E-state index contributed by atoms with van der Waals surface area (Å²) in [6.07, 6.45) is 0. The molecule has 0 amide bonds. The van der Waals surface area contributed by atoms with Crippen LogP contribution in [0.3, 0.4) is 0 Å². The van der Waals surface area contributed by atoms with Crippen LogP contribution < -0.4 is 5.84 Å². The van der Waals surface area contributed by atoms with Crippen LogP contribution in [0.5, 0.6) is 0 Å². The molecule has 0 aliphatic carbocycles. The Balaban J connectivity index is 1.48. The van der Waals surface area contributed by atoms with E-state index in [0.29, 0.717) is 33.5 Å². The number of nitrogens with two attached hydrogens (primary N) is 1. The predicted molar refractivity (Wildman–Crippen MR) is 99.9 cm³/mol. The fourth-order valence-corrected chi connectivity index (χ4v) is 3.23. The number of nitrogens with zero attached hydrogens (tertiary/aromatic N) is 5. The summed E-state index contributed by atoms with van der Waals surface area (Å²) >= 11 is 7.39. The predicted octanol–water partition coefficient (Wildman–Crippen LogP) is 3.65. The summed E-state index contributed by atoms with van der Waals surface area (Å²) in [7, 11) is 0. The Kier molecular flexibility index (Phi) is 4.59. The van der Waals surface area contributed by atoms with Gasteiger partial charge in [-0.05, 0) is 24.3 Å². The van der Waals surface area contributed by atoms with Crippen LogP contribution in [0, 0.1) is 0 Å². The largest absolute Gasteiger partial charge is 0.335 e. The molecule has 4 rings (SSSR count). The van der Waals surface area contributed by atoms with Gasteiger partial charge in [-0.15, -0.1) is 10.2 Å². The molecule has 26 heavy (non-hydrogen) atoms. The van der Waals surface area contributed by atoms with Crippen molar-refractivity contribution in [3.8, 4) is 22.8 Å². The van der Waals surface area contributed by atoms with Crippen molar-refractivity contribution < 1.29 is 4.52 Å². The Bertz CT molecular complexity index is 1030. The van der Waals surface area contributed by atoms with Crippen LogP contribution in [0.1, 0.15) is 5.82 Å². The second-order valence-electron chi connectivity index (χ2n) is 5.36. The van der Waals surface area contributed by atoms with Crippen molar-refractivity contribution in [2.45, 2.75) is 10.9 Å². The van der Waals surface area contributed by atoms with E-state index in [4.69, 9.17) is 22.0 Å². The molecule has 2 aromatic carbocycles. The van der Waals surface area contributed by atoms with Gasteiger partial charge in [-0.1, -0.05) is 58.9 Å². The molecule has 0 unspecified atom stereocenters. The molecule has 0 saturated carbocycles. The highest BCUT2D eigenvalue weighted by Crippen LogP contribution is 2.26. The molecular formula is C17H13ClN6OS. The monoisotopic (exact) mass is 384 g/mol. The van der Waals surface area contributed by atoms with Gasteiger partial charge in [-0.25, -0.2) is 4.68 Å². The van der Waals surface area contributed by atoms with E-state index in [9.17, 15) is 0 Å².